The van der Waals surface area contributed by atoms with Gasteiger partial charge in [0.1, 0.15) is 0 Å². The van der Waals surface area contributed by atoms with Gasteiger partial charge in [0.15, 0.2) is 11.5 Å². The highest BCUT2D eigenvalue weighted by molar-refractivity contribution is 5.91. The van der Waals surface area contributed by atoms with E-state index in [0.29, 0.717) is 17.4 Å². The van der Waals surface area contributed by atoms with Gasteiger partial charge in [-0.15, -0.1) is 0 Å². The monoisotopic (exact) mass is 291 g/mol. The molecule has 0 unspecified atom stereocenters. The number of rotatable bonds is 8. The standard InChI is InChI=1S/C17H25NO3/c1-5-13(6-2)12-18-17(19)10-8-14-7-9-15(20-3)16(11-14)21-4/h7-11,13H,5-6,12H2,1-4H3,(H,18,19)/b10-8+. The zero-order chi connectivity index (χ0) is 15.7. The van der Waals surface area contributed by atoms with Crippen LogP contribution in [0.15, 0.2) is 24.3 Å². The first-order valence-corrected chi connectivity index (χ1v) is 7.32. The van der Waals surface area contributed by atoms with E-state index in [2.05, 4.69) is 19.2 Å². The van der Waals surface area contributed by atoms with Gasteiger partial charge in [0, 0.05) is 12.6 Å². The van der Waals surface area contributed by atoms with Crippen molar-refractivity contribution < 1.29 is 14.3 Å². The van der Waals surface area contributed by atoms with E-state index in [4.69, 9.17) is 9.47 Å². The summed E-state index contributed by atoms with van der Waals surface area (Å²) < 4.78 is 10.4. The molecule has 0 fully saturated rings. The van der Waals surface area contributed by atoms with E-state index in [1.807, 2.05) is 18.2 Å². The van der Waals surface area contributed by atoms with Crippen LogP contribution in [0.25, 0.3) is 6.08 Å². The topological polar surface area (TPSA) is 47.6 Å². The highest BCUT2D eigenvalue weighted by Crippen LogP contribution is 2.27. The Balaban J connectivity index is 2.61. The molecule has 116 valence electrons. The largest absolute Gasteiger partial charge is 0.493 e. The number of hydrogen-bond donors (Lipinski definition) is 1. The van der Waals surface area contributed by atoms with Gasteiger partial charge >= 0.3 is 0 Å². The van der Waals surface area contributed by atoms with Crippen LogP contribution >= 0.6 is 0 Å². The van der Waals surface area contributed by atoms with Crippen molar-refractivity contribution in [1.82, 2.24) is 5.32 Å². The zero-order valence-corrected chi connectivity index (χ0v) is 13.3. The summed E-state index contributed by atoms with van der Waals surface area (Å²) in [5.41, 5.74) is 0.894. The van der Waals surface area contributed by atoms with Gasteiger partial charge in [-0.05, 0) is 29.7 Å². The first-order valence-electron chi connectivity index (χ1n) is 7.32. The van der Waals surface area contributed by atoms with Gasteiger partial charge in [-0.2, -0.15) is 0 Å². The Morgan fingerprint density at radius 2 is 1.86 bits per heavy atom. The van der Waals surface area contributed by atoms with Gasteiger partial charge in [-0.3, -0.25) is 4.79 Å². The summed E-state index contributed by atoms with van der Waals surface area (Å²) >= 11 is 0. The van der Waals surface area contributed by atoms with Gasteiger partial charge in [-0.1, -0.05) is 32.8 Å². The molecular weight excluding hydrogens is 266 g/mol. The number of methoxy groups -OCH3 is 2. The molecule has 0 aliphatic rings. The SMILES string of the molecule is CCC(CC)CNC(=O)/C=C/c1ccc(OC)c(OC)c1. The third-order valence-electron chi connectivity index (χ3n) is 3.55. The molecule has 1 rings (SSSR count). The fourth-order valence-electron chi connectivity index (χ4n) is 2.01. The van der Waals surface area contributed by atoms with Crippen LogP contribution in [0, 0.1) is 5.92 Å². The minimum absolute atomic E-state index is 0.0725. The lowest BCUT2D eigenvalue weighted by Gasteiger charge is -2.11. The molecule has 4 nitrogen and oxygen atoms in total. The zero-order valence-electron chi connectivity index (χ0n) is 13.3. The quantitative estimate of drug-likeness (QED) is 0.748. The minimum atomic E-state index is -0.0725. The van der Waals surface area contributed by atoms with Crippen LogP contribution in [-0.4, -0.2) is 26.7 Å². The Morgan fingerprint density at radius 1 is 1.19 bits per heavy atom. The molecule has 0 atom stereocenters. The van der Waals surface area contributed by atoms with E-state index in [0.717, 1.165) is 24.9 Å². The molecule has 0 spiro atoms. The van der Waals surface area contributed by atoms with Gasteiger partial charge < -0.3 is 14.8 Å². The van der Waals surface area contributed by atoms with Crippen molar-refractivity contribution in [2.45, 2.75) is 26.7 Å². The second-order valence-corrected chi connectivity index (χ2v) is 4.88. The van der Waals surface area contributed by atoms with E-state index in [9.17, 15) is 4.79 Å². The number of hydrogen-bond acceptors (Lipinski definition) is 3. The molecule has 0 aliphatic carbocycles. The summed E-state index contributed by atoms with van der Waals surface area (Å²) in [4.78, 5) is 11.8. The summed E-state index contributed by atoms with van der Waals surface area (Å²) in [6.45, 7) is 5.00. The van der Waals surface area contributed by atoms with Crippen molar-refractivity contribution in [2.24, 2.45) is 5.92 Å². The highest BCUT2D eigenvalue weighted by Gasteiger charge is 2.05. The molecule has 1 aromatic rings. The normalized spacial score (nSPS) is 10.9. The molecule has 0 aliphatic heterocycles. The molecule has 0 aromatic heterocycles. The number of benzene rings is 1. The van der Waals surface area contributed by atoms with Crippen molar-refractivity contribution in [2.75, 3.05) is 20.8 Å². The third kappa shape index (κ3) is 5.50. The van der Waals surface area contributed by atoms with Crippen LogP contribution in [0.5, 0.6) is 11.5 Å². The molecule has 1 aromatic carbocycles. The lowest BCUT2D eigenvalue weighted by Crippen LogP contribution is -2.27. The number of ether oxygens (including phenoxy) is 2. The van der Waals surface area contributed by atoms with Gasteiger partial charge in [0.2, 0.25) is 5.91 Å². The predicted octanol–water partition coefficient (Wildman–Crippen LogP) is 3.27. The van der Waals surface area contributed by atoms with E-state index < -0.39 is 0 Å². The van der Waals surface area contributed by atoms with Crippen molar-refractivity contribution in [3.63, 3.8) is 0 Å². The third-order valence-corrected chi connectivity index (χ3v) is 3.55. The molecule has 0 saturated carbocycles. The molecule has 0 radical (unpaired) electrons. The molecule has 0 heterocycles. The molecule has 1 amide bonds. The number of nitrogens with one attached hydrogen (secondary N) is 1. The van der Waals surface area contributed by atoms with Crippen LogP contribution < -0.4 is 14.8 Å². The number of carbonyl (C=O) groups is 1. The van der Waals surface area contributed by atoms with Crippen LogP contribution in [0.2, 0.25) is 0 Å². The highest BCUT2D eigenvalue weighted by atomic mass is 16.5. The second kappa shape index (κ2) is 9.06. The summed E-state index contributed by atoms with van der Waals surface area (Å²) in [5.74, 6) is 1.80. The average molecular weight is 291 g/mol. The van der Waals surface area contributed by atoms with Crippen LogP contribution in [0.4, 0.5) is 0 Å². The number of carbonyl (C=O) groups excluding carboxylic acids is 1. The maximum atomic E-state index is 11.8. The first kappa shape index (κ1) is 17.1. The summed E-state index contributed by atoms with van der Waals surface area (Å²) in [7, 11) is 3.19. The first-order chi connectivity index (χ1) is 10.1. The fourth-order valence-corrected chi connectivity index (χ4v) is 2.01. The minimum Gasteiger partial charge on any atom is -0.493 e. The van der Waals surface area contributed by atoms with Crippen molar-refractivity contribution in [3.8, 4) is 11.5 Å². The molecule has 0 saturated heterocycles. The Morgan fingerprint density at radius 3 is 2.43 bits per heavy atom. The summed E-state index contributed by atoms with van der Waals surface area (Å²) in [6, 6.07) is 5.54. The van der Waals surface area contributed by atoms with Gasteiger partial charge in [0.25, 0.3) is 0 Å². The van der Waals surface area contributed by atoms with E-state index in [1.54, 1.807) is 26.4 Å². The van der Waals surface area contributed by atoms with E-state index in [-0.39, 0.29) is 5.91 Å². The molecule has 4 heteroatoms. The van der Waals surface area contributed by atoms with Gasteiger partial charge in [0.05, 0.1) is 14.2 Å². The Labute approximate surface area is 127 Å². The fraction of sp³-hybridized carbons (Fsp3) is 0.471. The smallest absolute Gasteiger partial charge is 0.244 e. The predicted molar refractivity (Wildman–Crippen MR) is 85.7 cm³/mol. The molecule has 21 heavy (non-hydrogen) atoms. The van der Waals surface area contributed by atoms with Crippen molar-refractivity contribution in [1.29, 1.82) is 0 Å². The van der Waals surface area contributed by atoms with Gasteiger partial charge in [-0.25, -0.2) is 0 Å². The maximum absolute atomic E-state index is 11.8. The maximum Gasteiger partial charge on any atom is 0.244 e. The molecule has 0 bridgehead atoms. The van der Waals surface area contributed by atoms with Crippen LogP contribution in [-0.2, 0) is 4.79 Å². The lowest BCUT2D eigenvalue weighted by atomic mass is 10.0. The Hall–Kier alpha value is -1.97. The molecule has 1 N–H and O–H groups in total. The van der Waals surface area contributed by atoms with E-state index in [1.165, 1.54) is 0 Å². The summed E-state index contributed by atoms with van der Waals surface area (Å²) in [5, 5.41) is 2.92. The molecular formula is C17H25NO3. The number of amides is 1. The average Bonchev–Trinajstić information content (AvgIpc) is 2.53. The van der Waals surface area contributed by atoms with Crippen molar-refractivity contribution >= 4 is 12.0 Å². The lowest BCUT2D eigenvalue weighted by molar-refractivity contribution is -0.116. The van der Waals surface area contributed by atoms with Crippen LogP contribution in [0.1, 0.15) is 32.3 Å². The van der Waals surface area contributed by atoms with Crippen LogP contribution in [0.3, 0.4) is 0 Å². The summed E-state index contributed by atoms with van der Waals surface area (Å²) in [6.07, 6.45) is 5.47. The Bertz CT molecular complexity index is 479. The Kier molecular flexibility index (Phi) is 7.37. The van der Waals surface area contributed by atoms with E-state index >= 15 is 0 Å². The van der Waals surface area contributed by atoms with Crippen molar-refractivity contribution in [3.05, 3.63) is 29.8 Å². The second-order valence-electron chi connectivity index (χ2n) is 4.88.